The maximum Gasteiger partial charge on any atom is 0.242 e. The van der Waals surface area contributed by atoms with Crippen molar-refractivity contribution in [2.24, 2.45) is 0 Å². The molecule has 0 saturated carbocycles. The van der Waals surface area contributed by atoms with Crippen molar-refractivity contribution in [1.82, 2.24) is 4.72 Å². The molecule has 0 bridgehead atoms. The minimum Gasteiger partial charge on any atom is -0.539 e. The van der Waals surface area contributed by atoms with Crippen LogP contribution in [0.2, 0.25) is 19.6 Å². The van der Waals surface area contributed by atoms with Crippen LogP contribution in [0.3, 0.4) is 0 Å². The molecule has 2 N–H and O–H groups in total. The Hall–Kier alpha value is -1.69. The minimum atomic E-state index is -2.68. The third-order valence-corrected chi connectivity index (χ3v) is 6.02. The number of nitrogens with one attached hydrogen (secondary N) is 1. The zero-order valence-corrected chi connectivity index (χ0v) is 20.4. The number of benzene rings is 1. The topological polar surface area (TPSA) is 107 Å². The molecular formula is C18H26BrNO7SSi. The zero-order chi connectivity index (χ0) is 21.8. The molecule has 162 valence electrons. The molecule has 8 nitrogen and oxygen atoms in total. The highest BCUT2D eigenvalue weighted by Gasteiger charge is 2.32. The normalized spacial score (nSPS) is 12.8. The van der Waals surface area contributed by atoms with Gasteiger partial charge in [-0.05, 0) is 38.2 Å². The summed E-state index contributed by atoms with van der Waals surface area (Å²) in [7, 11) is -1.75. The molecular weight excluding hydrogens is 482 g/mol. The predicted octanol–water partition coefficient (Wildman–Crippen LogP) is 3.83. The van der Waals surface area contributed by atoms with E-state index in [1.54, 1.807) is 18.2 Å². The molecule has 29 heavy (non-hydrogen) atoms. The quantitative estimate of drug-likeness (QED) is 0.254. The first-order valence-corrected chi connectivity index (χ1v) is 14.4. The second-order valence-corrected chi connectivity index (χ2v) is 13.5. The standard InChI is InChI=1S/C18H26BrNO7SSi/c1-24-13-8-6-7-11(15(13)25-2)16-14(21)18(27-29(3,4)5)17(26-16)12(19)9-10-20-28(22)23/h6-8,12,21,28H,9-10H2,1-5H3,(H,20,22,23). The van der Waals surface area contributed by atoms with E-state index in [0.717, 1.165) is 0 Å². The van der Waals surface area contributed by atoms with E-state index >= 15 is 0 Å². The van der Waals surface area contributed by atoms with Crippen molar-refractivity contribution in [3.05, 3.63) is 24.0 Å². The largest absolute Gasteiger partial charge is 0.539 e. The van der Waals surface area contributed by atoms with Gasteiger partial charge in [-0.3, -0.25) is 0 Å². The molecule has 0 spiro atoms. The lowest BCUT2D eigenvalue weighted by molar-refractivity contribution is 0.354. The molecule has 1 atom stereocenters. The highest BCUT2D eigenvalue weighted by atomic mass is 79.9. The van der Waals surface area contributed by atoms with E-state index in [2.05, 4.69) is 20.7 Å². The van der Waals surface area contributed by atoms with Gasteiger partial charge in [0.1, 0.15) is 0 Å². The smallest absolute Gasteiger partial charge is 0.242 e. The van der Waals surface area contributed by atoms with Crippen LogP contribution in [0.1, 0.15) is 17.0 Å². The maximum absolute atomic E-state index is 10.9. The number of para-hydroxylation sites is 1. The fourth-order valence-corrected chi connectivity index (χ4v) is 4.35. The number of alkyl halides is 1. The van der Waals surface area contributed by atoms with E-state index in [-0.39, 0.29) is 28.6 Å². The molecule has 1 heterocycles. The highest BCUT2D eigenvalue weighted by molar-refractivity contribution is 9.09. The van der Waals surface area contributed by atoms with E-state index in [9.17, 15) is 13.5 Å². The van der Waals surface area contributed by atoms with Gasteiger partial charge in [-0.25, -0.2) is 13.1 Å². The van der Waals surface area contributed by atoms with Crippen molar-refractivity contribution in [2.75, 3.05) is 20.8 Å². The fraction of sp³-hybridized carbons (Fsp3) is 0.444. The first-order valence-electron chi connectivity index (χ1n) is 8.87. The lowest BCUT2D eigenvalue weighted by atomic mass is 10.1. The molecule has 1 aromatic carbocycles. The second kappa shape index (κ2) is 9.87. The summed E-state index contributed by atoms with van der Waals surface area (Å²) in [6, 6.07) is 5.25. The molecule has 0 aliphatic rings. The molecule has 2 aromatic rings. The van der Waals surface area contributed by atoms with Crippen LogP contribution in [0.5, 0.6) is 23.0 Å². The van der Waals surface area contributed by atoms with Gasteiger partial charge in [0.2, 0.25) is 25.0 Å². The minimum absolute atomic E-state index is 0.138. The third-order valence-electron chi connectivity index (χ3n) is 3.84. The van der Waals surface area contributed by atoms with Crippen molar-refractivity contribution in [3.63, 3.8) is 0 Å². The number of rotatable bonds is 10. The lowest BCUT2D eigenvalue weighted by Gasteiger charge is -2.20. The Morgan fingerprint density at radius 2 is 1.90 bits per heavy atom. The van der Waals surface area contributed by atoms with Crippen LogP contribution in [0.15, 0.2) is 22.6 Å². The molecule has 0 saturated heterocycles. The van der Waals surface area contributed by atoms with Crippen LogP contribution >= 0.6 is 15.9 Å². The maximum atomic E-state index is 10.9. The van der Waals surface area contributed by atoms with Gasteiger partial charge in [0.05, 0.1) is 24.6 Å². The second-order valence-electron chi connectivity index (χ2n) is 7.15. The molecule has 0 aliphatic heterocycles. The summed E-state index contributed by atoms with van der Waals surface area (Å²) in [4.78, 5) is -0.382. The predicted molar refractivity (Wildman–Crippen MR) is 117 cm³/mol. The zero-order valence-electron chi connectivity index (χ0n) is 16.9. The van der Waals surface area contributed by atoms with Gasteiger partial charge in [0, 0.05) is 6.54 Å². The SMILES string of the molecule is COc1cccc(-c2oc(C(Br)CCN[SH](=O)=O)c(O[Si](C)(C)C)c2O)c1OC. The van der Waals surface area contributed by atoms with Gasteiger partial charge >= 0.3 is 0 Å². The van der Waals surface area contributed by atoms with Gasteiger partial charge in [0.15, 0.2) is 28.8 Å². The number of halogens is 1. The number of hydrogen-bond acceptors (Lipinski definition) is 7. The van der Waals surface area contributed by atoms with Crippen molar-refractivity contribution in [2.45, 2.75) is 30.9 Å². The monoisotopic (exact) mass is 507 g/mol. The summed E-state index contributed by atoms with van der Waals surface area (Å²) in [6.45, 7) is 6.17. The van der Waals surface area contributed by atoms with Crippen LogP contribution < -0.4 is 18.6 Å². The number of furan rings is 1. The van der Waals surface area contributed by atoms with E-state index < -0.39 is 19.2 Å². The molecule has 0 amide bonds. The van der Waals surface area contributed by atoms with Crippen molar-refractivity contribution in [1.29, 1.82) is 0 Å². The molecule has 1 aromatic heterocycles. The Bertz CT molecular complexity index is 916. The molecule has 1 unspecified atom stereocenters. The van der Waals surface area contributed by atoms with Crippen molar-refractivity contribution < 1.29 is 31.8 Å². The molecule has 0 radical (unpaired) electrons. The summed E-state index contributed by atoms with van der Waals surface area (Å²) in [5, 5.41) is 10.9. The lowest BCUT2D eigenvalue weighted by Crippen LogP contribution is -2.29. The van der Waals surface area contributed by atoms with Crippen LogP contribution in [0.25, 0.3) is 11.3 Å². The number of aromatic hydroxyl groups is 1. The summed E-state index contributed by atoms with van der Waals surface area (Å²) < 4.78 is 46.8. The van der Waals surface area contributed by atoms with Gasteiger partial charge in [-0.1, -0.05) is 22.0 Å². The summed E-state index contributed by atoms with van der Waals surface area (Å²) in [5.41, 5.74) is 0.511. The summed E-state index contributed by atoms with van der Waals surface area (Å²) >= 11 is 3.52. The van der Waals surface area contributed by atoms with Gasteiger partial charge < -0.3 is 23.4 Å². The molecule has 0 aliphatic carbocycles. The molecule has 0 fully saturated rings. The van der Waals surface area contributed by atoms with Gasteiger partial charge in [-0.2, -0.15) is 0 Å². The number of methoxy groups -OCH3 is 2. The van der Waals surface area contributed by atoms with E-state index in [0.29, 0.717) is 29.2 Å². The Kier molecular flexibility index (Phi) is 8.03. The van der Waals surface area contributed by atoms with Gasteiger partial charge in [0.25, 0.3) is 0 Å². The Balaban J connectivity index is 2.55. The average molecular weight is 508 g/mol. The average Bonchev–Trinajstić information content (AvgIpc) is 2.95. The number of hydrogen-bond donors (Lipinski definition) is 3. The highest BCUT2D eigenvalue weighted by Crippen LogP contribution is 2.51. The fourth-order valence-electron chi connectivity index (χ4n) is 2.70. The number of thiol groups is 1. The Morgan fingerprint density at radius 1 is 1.21 bits per heavy atom. The third kappa shape index (κ3) is 5.90. The first kappa shape index (κ1) is 23.6. The molecule has 11 heteroatoms. The van der Waals surface area contributed by atoms with Gasteiger partial charge in [-0.15, -0.1) is 0 Å². The summed E-state index contributed by atoms with van der Waals surface area (Å²) in [5.74, 6) is 1.60. The Labute approximate surface area is 181 Å². The summed E-state index contributed by atoms with van der Waals surface area (Å²) in [6.07, 6.45) is 0.396. The van der Waals surface area contributed by atoms with Crippen molar-refractivity contribution >= 4 is 35.1 Å². The van der Waals surface area contributed by atoms with E-state index in [4.69, 9.17) is 18.3 Å². The van der Waals surface area contributed by atoms with Crippen LogP contribution in [0, 0.1) is 0 Å². The van der Waals surface area contributed by atoms with Crippen LogP contribution in [-0.2, 0) is 10.9 Å². The first-order chi connectivity index (χ1) is 13.6. The molecule has 2 rings (SSSR count). The van der Waals surface area contributed by atoms with Crippen LogP contribution in [0.4, 0.5) is 0 Å². The number of ether oxygens (including phenoxy) is 2. The van der Waals surface area contributed by atoms with Crippen molar-refractivity contribution in [3.8, 4) is 34.3 Å². The Morgan fingerprint density at radius 3 is 2.45 bits per heavy atom. The van der Waals surface area contributed by atoms with E-state index in [1.165, 1.54) is 14.2 Å². The van der Waals surface area contributed by atoms with Crippen LogP contribution in [-0.4, -0.2) is 42.6 Å². The van der Waals surface area contributed by atoms with E-state index in [1.807, 2.05) is 19.6 Å².